The van der Waals surface area contributed by atoms with E-state index in [0.717, 1.165) is 12.0 Å². The van der Waals surface area contributed by atoms with Gasteiger partial charge in [0.25, 0.3) is 0 Å². The Morgan fingerprint density at radius 3 is 2.79 bits per heavy atom. The van der Waals surface area contributed by atoms with E-state index in [2.05, 4.69) is 15.5 Å². The number of ether oxygens (including phenoxy) is 1. The van der Waals surface area contributed by atoms with E-state index >= 15 is 0 Å². The maximum absolute atomic E-state index is 12.5. The van der Waals surface area contributed by atoms with Crippen molar-refractivity contribution in [2.45, 2.75) is 13.3 Å². The summed E-state index contributed by atoms with van der Waals surface area (Å²) in [6.07, 6.45) is 3.81. The molecule has 2 aromatic heterocycles. The van der Waals surface area contributed by atoms with Crippen molar-refractivity contribution in [3.63, 3.8) is 0 Å². The molecule has 0 atom stereocenters. The molecule has 0 unspecified atom stereocenters. The minimum atomic E-state index is -0.516. The first-order valence-corrected chi connectivity index (χ1v) is 7.56. The zero-order valence-electron chi connectivity index (χ0n) is 13.1. The van der Waals surface area contributed by atoms with Gasteiger partial charge in [-0.2, -0.15) is 4.68 Å². The number of rotatable bonds is 6. The van der Waals surface area contributed by atoms with Gasteiger partial charge in [0.1, 0.15) is 5.76 Å². The van der Waals surface area contributed by atoms with E-state index in [-0.39, 0.29) is 5.70 Å². The monoisotopic (exact) mass is 324 g/mol. The predicted molar refractivity (Wildman–Crippen MR) is 87.4 cm³/mol. The second kappa shape index (κ2) is 7.36. The molecule has 0 spiro atoms. The number of esters is 1. The molecule has 0 amide bonds. The topological polar surface area (TPSA) is 83.0 Å². The summed E-state index contributed by atoms with van der Waals surface area (Å²) in [5.74, 6) is 0.438. The van der Waals surface area contributed by atoms with Crippen LogP contribution in [0.25, 0.3) is 23.2 Å². The highest BCUT2D eigenvalue weighted by Gasteiger charge is 2.20. The summed E-state index contributed by atoms with van der Waals surface area (Å²) >= 11 is 0. The Balaban J connectivity index is 2.04. The second-order valence-electron chi connectivity index (χ2n) is 4.96. The van der Waals surface area contributed by atoms with E-state index < -0.39 is 5.97 Å². The van der Waals surface area contributed by atoms with Crippen LogP contribution in [-0.2, 0) is 9.53 Å². The summed E-state index contributed by atoms with van der Waals surface area (Å²) < 4.78 is 11.9. The second-order valence-corrected chi connectivity index (χ2v) is 4.96. The Hall–Kier alpha value is -3.22. The van der Waals surface area contributed by atoms with Crippen LogP contribution in [0.5, 0.6) is 0 Å². The molecule has 1 aromatic carbocycles. The zero-order chi connectivity index (χ0) is 16.8. The molecule has 0 saturated heterocycles. The number of nitrogens with zero attached hydrogens (tertiary/aromatic N) is 4. The van der Waals surface area contributed by atoms with Gasteiger partial charge in [0.2, 0.25) is 0 Å². The third-order valence-electron chi connectivity index (χ3n) is 3.20. The molecular formula is C17H16N4O3. The van der Waals surface area contributed by atoms with Crippen molar-refractivity contribution in [1.82, 2.24) is 20.2 Å². The van der Waals surface area contributed by atoms with Crippen LogP contribution in [-0.4, -0.2) is 32.8 Å². The van der Waals surface area contributed by atoms with Crippen molar-refractivity contribution < 1.29 is 13.9 Å². The van der Waals surface area contributed by atoms with Crippen molar-refractivity contribution in [2.24, 2.45) is 0 Å². The van der Waals surface area contributed by atoms with E-state index in [1.54, 1.807) is 18.2 Å². The Morgan fingerprint density at radius 2 is 2.08 bits per heavy atom. The number of hydrogen-bond acceptors (Lipinski definition) is 6. The Labute approximate surface area is 138 Å². The average molecular weight is 324 g/mol. The first kappa shape index (κ1) is 15.7. The number of carbonyl (C=O) groups excluding carboxylic acids is 1. The van der Waals surface area contributed by atoms with E-state index in [9.17, 15) is 4.79 Å². The summed E-state index contributed by atoms with van der Waals surface area (Å²) in [4.78, 5) is 12.5. The van der Waals surface area contributed by atoms with E-state index in [4.69, 9.17) is 9.15 Å². The van der Waals surface area contributed by atoms with Crippen LogP contribution in [0.2, 0.25) is 0 Å². The van der Waals surface area contributed by atoms with Crippen molar-refractivity contribution in [3.05, 3.63) is 54.5 Å². The Bertz CT molecular complexity index is 823. The molecule has 3 rings (SSSR count). The van der Waals surface area contributed by atoms with Crippen LogP contribution in [0.15, 0.2) is 53.1 Å². The van der Waals surface area contributed by atoms with Gasteiger partial charge in [-0.05, 0) is 29.0 Å². The maximum Gasteiger partial charge on any atom is 0.357 e. The summed E-state index contributed by atoms with van der Waals surface area (Å²) in [5, 5.41) is 11.7. The van der Waals surface area contributed by atoms with Crippen LogP contribution in [0, 0.1) is 0 Å². The number of aromatic nitrogens is 4. The highest BCUT2D eigenvalue weighted by atomic mass is 16.5. The van der Waals surface area contributed by atoms with Crippen LogP contribution >= 0.6 is 0 Å². The fourth-order valence-electron chi connectivity index (χ4n) is 2.10. The number of furan rings is 1. The van der Waals surface area contributed by atoms with Gasteiger partial charge in [-0.3, -0.25) is 0 Å². The first-order chi connectivity index (χ1) is 11.8. The number of benzene rings is 1. The van der Waals surface area contributed by atoms with Gasteiger partial charge in [-0.15, -0.1) is 5.10 Å². The fraction of sp³-hybridized carbons (Fsp3) is 0.176. The number of hydrogen-bond donors (Lipinski definition) is 0. The molecule has 0 aliphatic carbocycles. The van der Waals surface area contributed by atoms with Crippen molar-refractivity contribution in [3.8, 4) is 11.4 Å². The lowest BCUT2D eigenvalue weighted by atomic mass is 10.2. The maximum atomic E-state index is 12.5. The van der Waals surface area contributed by atoms with E-state index in [1.165, 1.54) is 10.9 Å². The van der Waals surface area contributed by atoms with Gasteiger partial charge in [0.15, 0.2) is 11.5 Å². The molecular weight excluding hydrogens is 308 g/mol. The molecule has 0 radical (unpaired) electrons. The Kier molecular flexibility index (Phi) is 4.81. The standard InChI is InChI=1S/C17H16N4O3/c1-2-10-24-17(22)15(12-14-9-6-11-23-14)21-16(18-19-20-21)13-7-4-3-5-8-13/h3-9,11-12H,2,10H2,1H3/b15-12+. The number of carbonyl (C=O) groups is 1. The molecule has 7 heteroatoms. The molecule has 0 bridgehead atoms. The third-order valence-corrected chi connectivity index (χ3v) is 3.20. The van der Waals surface area contributed by atoms with E-state index in [0.29, 0.717) is 18.2 Å². The van der Waals surface area contributed by atoms with Gasteiger partial charge < -0.3 is 9.15 Å². The molecule has 7 nitrogen and oxygen atoms in total. The molecule has 0 fully saturated rings. The van der Waals surface area contributed by atoms with Crippen molar-refractivity contribution >= 4 is 17.7 Å². The average Bonchev–Trinajstić information content (AvgIpc) is 3.29. The summed E-state index contributed by atoms with van der Waals surface area (Å²) in [5.41, 5.74) is 0.971. The van der Waals surface area contributed by atoms with Gasteiger partial charge >= 0.3 is 5.97 Å². The minimum absolute atomic E-state index is 0.183. The van der Waals surface area contributed by atoms with Gasteiger partial charge in [-0.1, -0.05) is 37.3 Å². The molecule has 24 heavy (non-hydrogen) atoms. The molecule has 2 heterocycles. The van der Waals surface area contributed by atoms with Gasteiger partial charge in [0.05, 0.1) is 12.9 Å². The Morgan fingerprint density at radius 1 is 1.25 bits per heavy atom. The lowest BCUT2D eigenvalue weighted by Crippen LogP contribution is -2.15. The quantitative estimate of drug-likeness (QED) is 0.512. The van der Waals surface area contributed by atoms with E-state index in [1.807, 2.05) is 37.3 Å². The third kappa shape index (κ3) is 3.40. The normalized spacial score (nSPS) is 11.5. The van der Waals surface area contributed by atoms with Crippen molar-refractivity contribution in [2.75, 3.05) is 6.61 Å². The lowest BCUT2D eigenvalue weighted by Gasteiger charge is -2.09. The summed E-state index contributed by atoms with van der Waals surface area (Å²) in [6, 6.07) is 12.8. The predicted octanol–water partition coefficient (Wildman–Crippen LogP) is 2.88. The van der Waals surface area contributed by atoms with Crippen molar-refractivity contribution in [1.29, 1.82) is 0 Å². The van der Waals surface area contributed by atoms with Gasteiger partial charge in [-0.25, -0.2) is 4.79 Å². The lowest BCUT2D eigenvalue weighted by molar-refractivity contribution is -0.137. The van der Waals surface area contributed by atoms with Gasteiger partial charge in [0, 0.05) is 11.6 Å². The smallest absolute Gasteiger partial charge is 0.357 e. The summed E-state index contributed by atoms with van der Waals surface area (Å²) in [6.45, 7) is 2.24. The molecule has 0 saturated carbocycles. The highest BCUT2D eigenvalue weighted by Crippen LogP contribution is 2.21. The van der Waals surface area contributed by atoms with Crippen LogP contribution in [0.4, 0.5) is 0 Å². The van der Waals surface area contributed by atoms with Crippen LogP contribution in [0.3, 0.4) is 0 Å². The summed E-state index contributed by atoms with van der Waals surface area (Å²) in [7, 11) is 0. The molecule has 0 aliphatic rings. The SMILES string of the molecule is CCCOC(=O)/C(=C\c1ccco1)n1nnnc1-c1ccccc1. The molecule has 0 aliphatic heterocycles. The molecule has 3 aromatic rings. The minimum Gasteiger partial charge on any atom is -0.465 e. The first-order valence-electron chi connectivity index (χ1n) is 7.56. The zero-order valence-corrected chi connectivity index (χ0v) is 13.1. The fourth-order valence-corrected chi connectivity index (χ4v) is 2.10. The molecule has 122 valence electrons. The van der Waals surface area contributed by atoms with Crippen LogP contribution < -0.4 is 0 Å². The largest absolute Gasteiger partial charge is 0.465 e. The van der Waals surface area contributed by atoms with Crippen LogP contribution in [0.1, 0.15) is 19.1 Å². The number of tetrazole rings is 1. The highest BCUT2D eigenvalue weighted by molar-refractivity contribution is 6.15. The molecule has 0 N–H and O–H groups in total.